The topological polar surface area (TPSA) is 97.1 Å². The number of halogens is 1. The molecule has 5 aromatic rings. The Bertz CT molecular complexity index is 2030. The molecule has 0 saturated carbocycles. The van der Waals surface area contributed by atoms with Crippen molar-refractivity contribution in [2.24, 2.45) is 0 Å². The minimum Gasteiger partial charge on any atom is -0.496 e. The first kappa shape index (κ1) is 33.1. The summed E-state index contributed by atoms with van der Waals surface area (Å²) in [6.45, 7) is 13.8. The van der Waals surface area contributed by atoms with Gasteiger partial charge in [0.15, 0.2) is 23.3 Å². The number of pyridine rings is 1. The van der Waals surface area contributed by atoms with Gasteiger partial charge in [-0.2, -0.15) is 5.10 Å². The van der Waals surface area contributed by atoms with Crippen LogP contribution < -0.4 is 9.47 Å². The molecule has 0 saturated heterocycles. The number of methoxy groups -OCH3 is 1. The van der Waals surface area contributed by atoms with Gasteiger partial charge in [0, 0.05) is 51.5 Å². The second-order valence-corrected chi connectivity index (χ2v) is 13.0. The van der Waals surface area contributed by atoms with Crippen molar-refractivity contribution in [1.29, 1.82) is 0 Å². The van der Waals surface area contributed by atoms with Crippen molar-refractivity contribution < 1.29 is 28.1 Å². The van der Waals surface area contributed by atoms with Crippen molar-refractivity contribution >= 4 is 11.6 Å². The lowest BCUT2D eigenvalue weighted by molar-refractivity contribution is -0.166. The fraction of sp³-hybridized carbons (Fsp3) is 0.368. The molecule has 0 fully saturated rings. The molecule has 0 aliphatic carbocycles. The molecule has 1 unspecified atom stereocenters. The van der Waals surface area contributed by atoms with Gasteiger partial charge in [0.2, 0.25) is 0 Å². The summed E-state index contributed by atoms with van der Waals surface area (Å²) in [5.74, 6) is -0.0418. The molecule has 0 N–H and O–H groups in total. The molecule has 9 nitrogen and oxygen atoms in total. The van der Waals surface area contributed by atoms with Crippen LogP contribution in [0.3, 0.4) is 0 Å². The van der Waals surface area contributed by atoms with Gasteiger partial charge in [-0.05, 0) is 90.6 Å². The molecule has 2 aromatic carbocycles. The van der Waals surface area contributed by atoms with E-state index >= 15 is 4.39 Å². The standard InChI is InChI=1S/C38H41FN4O5/c1-9-46-37(44)35(48-38(5,6)7)31-23(4)41-36-22(3)32(25-13-10-12-24(18-25)28-20-40-16-15-30(28)45-8)42-43(36)33(31)27-19-29(39)34-26(21(27)2)14-11-17-47-34/h10,12-13,15-16,18-20,35H,9,11,14,17H2,1-8H3. The number of aryl methyl sites for hydroxylation is 2. The highest BCUT2D eigenvalue weighted by Crippen LogP contribution is 2.43. The largest absolute Gasteiger partial charge is 0.496 e. The Balaban J connectivity index is 1.66. The molecule has 250 valence electrons. The Morgan fingerprint density at radius 3 is 2.58 bits per heavy atom. The molecule has 1 aliphatic heterocycles. The molecule has 0 spiro atoms. The summed E-state index contributed by atoms with van der Waals surface area (Å²) in [4.78, 5) is 23.0. The Kier molecular flexibility index (Phi) is 8.96. The van der Waals surface area contributed by atoms with Gasteiger partial charge in [0.05, 0.1) is 37.3 Å². The predicted octanol–water partition coefficient (Wildman–Crippen LogP) is 7.94. The zero-order chi connectivity index (χ0) is 34.3. The number of nitrogens with zero attached hydrogens (tertiary/aromatic N) is 4. The van der Waals surface area contributed by atoms with Gasteiger partial charge >= 0.3 is 5.97 Å². The monoisotopic (exact) mass is 652 g/mol. The van der Waals surface area contributed by atoms with Crippen LogP contribution in [0.5, 0.6) is 11.5 Å². The molecule has 48 heavy (non-hydrogen) atoms. The molecule has 1 aliphatic rings. The minimum atomic E-state index is -1.15. The molecule has 6 rings (SSSR count). The maximum absolute atomic E-state index is 15.9. The highest BCUT2D eigenvalue weighted by molar-refractivity contribution is 5.85. The zero-order valence-corrected chi connectivity index (χ0v) is 28.7. The van der Waals surface area contributed by atoms with Crippen LogP contribution in [0.25, 0.3) is 39.3 Å². The van der Waals surface area contributed by atoms with Gasteiger partial charge in [-0.3, -0.25) is 4.98 Å². The first-order valence-electron chi connectivity index (χ1n) is 16.2. The maximum Gasteiger partial charge on any atom is 0.340 e. The van der Waals surface area contributed by atoms with Crippen LogP contribution in [0.4, 0.5) is 4.39 Å². The molecule has 3 aromatic heterocycles. The van der Waals surface area contributed by atoms with Crippen molar-refractivity contribution in [3.63, 3.8) is 0 Å². The number of carbonyl (C=O) groups is 1. The third-order valence-electron chi connectivity index (χ3n) is 8.60. The van der Waals surface area contributed by atoms with Gasteiger partial charge in [0.1, 0.15) is 5.75 Å². The lowest BCUT2D eigenvalue weighted by Gasteiger charge is -2.29. The quantitative estimate of drug-likeness (QED) is 0.156. The second kappa shape index (κ2) is 13.0. The number of esters is 1. The van der Waals surface area contributed by atoms with E-state index in [0.29, 0.717) is 52.6 Å². The first-order valence-corrected chi connectivity index (χ1v) is 16.2. The lowest BCUT2D eigenvalue weighted by Crippen LogP contribution is -2.30. The van der Waals surface area contributed by atoms with Crippen LogP contribution in [0, 0.1) is 26.6 Å². The smallest absolute Gasteiger partial charge is 0.340 e. The summed E-state index contributed by atoms with van der Waals surface area (Å²) < 4.78 is 41.0. The van der Waals surface area contributed by atoms with Gasteiger partial charge in [0.25, 0.3) is 0 Å². The molecule has 10 heteroatoms. The van der Waals surface area contributed by atoms with E-state index in [2.05, 4.69) is 4.98 Å². The SMILES string of the molecule is CCOC(=O)C(OC(C)(C)C)c1c(C)nc2c(C)c(-c3cccc(-c4cnccc4OC)c3)nn2c1-c1cc(F)c2c(c1C)CCCO2. The van der Waals surface area contributed by atoms with Gasteiger partial charge in [-0.15, -0.1) is 0 Å². The van der Waals surface area contributed by atoms with E-state index in [1.807, 2.05) is 71.9 Å². The van der Waals surface area contributed by atoms with E-state index in [1.165, 1.54) is 6.07 Å². The second-order valence-electron chi connectivity index (χ2n) is 13.0. The number of ether oxygens (including phenoxy) is 4. The predicted molar refractivity (Wildman–Crippen MR) is 182 cm³/mol. The summed E-state index contributed by atoms with van der Waals surface area (Å²) in [5.41, 5.74) is 7.74. The van der Waals surface area contributed by atoms with Crippen LogP contribution in [0.2, 0.25) is 0 Å². The fourth-order valence-corrected chi connectivity index (χ4v) is 6.44. The number of fused-ring (bicyclic) bond motifs is 2. The normalized spacial score (nSPS) is 13.6. The maximum atomic E-state index is 15.9. The molecule has 0 amide bonds. The number of aromatic nitrogens is 4. The van der Waals surface area contributed by atoms with E-state index in [9.17, 15) is 4.79 Å². The summed E-state index contributed by atoms with van der Waals surface area (Å²) in [6.07, 6.45) is 3.75. The Morgan fingerprint density at radius 1 is 1.08 bits per heavy atom. The highest BCUT2D eigenvalue weighted by Gasteiger charge is 2.36. The van der Waals surface area contributed by atoms with E-state index in [1.54, 1.807) is 30.9 Å². The average molecular weight is 653 g/mol. The van der Waals surface area contributed by atoms with Crippen molar-refractivity contribution in [1.82, 2.24) is 19.6 Å². The van der Waals surface area contributed by atoms with Crippen LogP contribution in [-0.4, -0.2) is 51.5 Å². The first-order chi connectivity index (χ1) is 22.9. The van der Waals surface area contributed by atoms with Crippen molar-refractivity contribution in [2.45, 2.75) is 73.0 Å². The van der Waals surface area contributed by atoms with Crippen molar-refractivity contribution in [2.75, 3.05) is 20.3 Å². The molecule has 0 radical (unpaired) electrons. The van der Waals surface area contributed by atoms with Crippen molar-refractivity contribution in [3.05, 3.63) is 82.6 Å². The van der Waals surface area contributed by atoms with Gasteiger partial charge in [-0.1, -0.05) is 18.2 Å². The van der Waals surface area contributed by atoms with Gasteiger partial charge in [-0.25, -0.2) is 18.7 Å². The Hall–Kier alpha value is -4.83. The fourth-order valence-electron chi connectivity index (χ4n) is 6.44. The number of rotatable bonds is 8. The minimum absolute atomic E-state index is 0.166. The Labute approximate surface area is 280 Å². The number of benzene rings is 2. The highest BCUT2D eigenvalue weighted by atomic mass is 19.1. The van der Waals surface area contributed by atoms with Crippen LogP contribution >= 0.6 is 0 Å². The zero-order valence-electron chi connectivity index (χ0n) is 28.7. The third kappa shape index (κ3) is 6.01. The van der Waals surface area contributed by atoms with E-state index in [-0.39, 0.29) is 12.4 Å². The van der Waals surface area contributed by atoms with E-state index in [0.717, 1.165) is 39.8 Å². The Morgan fingerprint density at radius 2 is 1.85 bits per heavy atom. The summed E-state index contributed by atoms with van der Waals surface area (Å²) in [5, 5.41) is 5.15. The van der Waals surface area contributed by atoms with Crippen LogP contribution in [0.1, 0.15) is 68.2 Å². The molecular weight excluding hydrogens is 611 g/mol. The van der Waals surface area contributed by atoms with Crippen molar-refractivity contribution in [3.8, 4) is 45.1 Å². The summed E-state index contributed by atoms with van der Waals surface area (Å²) in [6, 6.07) is 11.3. The average Bonchev–Trinajstić information content (AvgIpc) is 3.40. The molecule has 1 atom stereocenters. The third-order valence-corrected chi connectivity index (χ3v) is 8.60. The summed E-state index contributed by atoms with van der Waals surface area (Å²) in [7, 11) is 1.63. The number of carbonyl (C=O) groups excluding carboxylic acids is 1. The number of hydrogen-bond acceptors (Lipinski definition) is 8. The van der Waals surface area contributed by atoms with Gasteiger partial charge < -0.3 is 18.9 Å². The molecule has 4 heterocycles. The van der Waals surface area contributed by atoms with E-state index in [4.69, 9.17) is 29.0 Å². The molecular formula is C38H41FN4O5. The van der Waals surface area contributed by atoms with Crippen LogP contribution in [0.15, 0.2) is 48.8 Å². The molecule has 0 bridgehead atoms. The lowest BCUT2D eigenvalue weighted by atomic mass is 9.90. The van der Waals surface area contributed by atoms with Crippen LogP contribution in [-0.2, 0) is 20.7 Å². The number of hydrogen-bond donors (Lipinski definition) is 0. The van der Waals surface area contributed by atoms with E-state index < -0.39 is 23.5 Å². The summed E-state index contributed by atoms with van der Waals surface area (Å²) >= 11 is 0.